The third-order valence-corrected chi connectivity index (χ3v) is 6.28. The summed E-state index contributed by atoms with van der Waals surface area (Å²) in [7, 11) is 1.64. The molecule has 0 radical (unpaired) electrons. The first-order valence-corrected chi connectivity index (χ1v) is 10.8. The van der Waals surface area contributed by atoms with E-state index in [0.29, 0.717) is 43.7 Å². The molecule has 1 aromatic heterocycles. The smallest absolute Gasteiger partial charge is 0.226 e. The molecule has 1 atom stereocenters. The van der Waals surface area contributed by atoms with Crippen molar-refractivity contribution in [2.75, 3.05) is 50.2 Å². The second-order valence-electron chi connectivity index (χ2n) is 7.70. The van der Waals surface area contributed by atoms with E-state index in [0.717, 1.165) is 34.4 Å². The fraction of sp³-hybridized carbons (Fsp3) is 0.524. The van der Waals surface area contributed by atoms with Gasteiger partial charge in [-0.25, -0.2) is 4.98 Å². The number of rotatable bonds is 6. The minimum absolute atomic E-state index is 0.0287. The van der Waals surface area contributed by atoms with Gasteiger partial charge in [0.05, 0.1) is 31.8 Å². The van der Waals surface area contributed by atoms with Crippen LogP contribution in [-0.2, 0) is 9.53 Å². The highest BCUT2D eigenvalue weighted by Gasteiger charge is 2.34. The van der Waals surface area contributed by atoms with Gasteiger partial charge >= 0.3 is 0 Å². The molecule has 2 aliphatic heterocycles. The quantitative estimate of drug-likeness (QED) is 0.776. The van der Waals surface area contributed by atoms with E-state index in [1.807, 2.05) is 18.2 Å². The van der Waals surface area contributed by atoms with Gasteiger partial charge in [-0.05, 0) is 12.0 Å². The first-order chi connectivity index (χ1) is 14.1. The van der Waals surface area contributed by atoms with Gasteiger partial charge < -0.3 is 24.4 Å². The number of hydrogen-bond acceptors (Lipinski definition) is 7. The number of methoxy groups -OCH3 is 1. The number of morpholine rings is 1. The van der Waals surface area contributed by atoms with Gasteiger partial charge in [0, 0.05) is 31.0 Å². The standard InChI is InChI=1S/C21H27N3O4S/c1-13(2)12-28-18-14(5-4-6-16(18)26-3)15-11-17(25)22-20-19(15)29-21(23-20)24-7-9-27-10-8-24/h4-6,13,15H,7-12H2,1-3H3,(H,22,25)/t15-/m0/s1. The molecular formula is C21H27N3O4S. The van der Waals surface area contributed by atoms with E-state index in [1.54, 1.807) is 18.4 Å². The Bertz CT molecular complexity index is 877. The minimum Gasteiger partial charge on any atom is -0.493 e. The summed E-state index contributed by atoms with van der Waals surface area (Å²) in [5.41, 5.74) is 0.971. The number of fused-ring (bicyclic) bond motifs is 1. The number of para-hydroxylation sites is 1. The zero-order valence-electron chi connectivity index (χ0n) is 17.1. The Labute approximate surface area is 175 Å². The Morgan fingerprint density at radius 1 is 1.34 bits per heavy atom. The van der Waals surface area contributed by atoms with Gasteiger partial charge in [0.2, 0.25) is 5.91 Å². The molecule has 2 aliphatic rings. The number of amides is 1. The van der Waals surface area contributed by atoms with Gasteiger partial charge in [-0.2, -0.15) is 0 Å². The number of aromatic nitrogens is 1. The van der Waals surface area contributed by atoms with Crippen LogP contribution in [0, 0.1) is 5.92 Å². The summed E-state index contributed by atoms with van der Waals surface area (Å²) >= 11 is 1.64. The van der Waals surface area contributed by atoms with Crippen LogP contribution in [0.2, 0.25) is 0 Å². The van der Waals surface area contributed by atoms with Gasteiger partial charge in [0.1, 0.15) is 5.82 Å². The molecular weight excluding hydrogens is 390 g/mol. The van der Waals surface area contributed by atoms with Crippen LogP contribution in [0.5, 0.6) is 11.5 Å². The summed E-state index contributed by atoms with van der Waals surface area (Å²) in [4.78, 5) is 20.5. The summed E-state index contributed by atoms with van der Waals surface area (Å²) in [5, 5.41) is 3.88. The monoisotopic (exact) mass is 417 g/mol. The lowest BCUT2D eigenvalue weighted by atomic mass is 9.90. The van der Waals surface area contributed by atoms with Crippen molar-refractivity contribution >= 4 is 28.2 Å². The lowest BCUT2D eigenvalue weighted by Gasteiger charge is -2.26. The number of ether oxygens (including phenoxy) is 3. The molecule has 4 rings (SSSR count). The Hall–Kier alpha value is -2.32. The number of nitrogens with one attached hydrogen (secondary N) is 1. The molecule has 8 heteroatoms. The maximum Gasteiger partial charge on any atom is 0.226 e. The first kappa shape index (κ1) is 20.0. The second kappa shape index (κ2) is 8.59. The molecule has 156 valence electrons. The molecule has 0 spiro atoms. The van der Waals surface area contributed by atoms with Crippen molar-refractivity contribution in [2.24, 2.45) is 5.92 Å². The third kappa shape index (κ3) is 4.18. The fourth-order valence-electron chi connectivity index (χ4n) is 3.62. The van der Waals surface area contributed by atoms with Crippen LogP contribution in [0.3, 0.4) is 0 Å². The molecule has 1 saturated heterocycles. The molecule has 0 saturated carbocycles. The zero-order valence-corrected chi connectivity index (χ0v) is 17.9. The van der Waals surface area contributed by atoms with E-state index in [9.17, 15) is 4.79 Å². The van der Waals surface area contributed by atoms with Crippen LogP contribution in [0.25, 0.3) is 0 Å². The van der Waals surface area contributed by atoms with Crippen molar-refractivity contribution in [3.63, 3.8) is 0 Å². The highest BCUT2D eigenvalue weighted by molar-refractivity contribution is 7.16. The van der Waals surface area contributed by atoms with Gasteiger partial charge in [-0.3, -0.25) is 4.79 Å². The SMILES string of the molecule is COc1cccc([C@@H]2CC(=O)Nc3nc(N4CCOCC4)sc32)c1OCC(C)C. The molecule has 7 nitrogen and oxygen atoms in total. The highest BCUT2D eigenvalue weighted by atomic mass is 32.1. The normalized spacial score (nSPS) is 19.1. The average molecular weight is 418 g/mol. The largest absolute Gasteiger partial charge is 0.493 e. The molecule has 29 heavy (non-hydrogen) atoms. The van der Waals surface area contributed by atoms with Crippen molar-refractivity contribution in [1.82, 2.24) is 4.98 Å². The predicted octanol–water partition coefficient (Wildman–Crippen LogP) is 3.50. The van der Waals surface area contributed by atoms with E-state index in [4.69, 9.17) is 19.2 Å². The van der Waals surface area contributed by atoms with Crippen LogP contribution in [0.4, 0.5) is 10.9 Å². The van der Waals surface area contributed by atoms with E-state index < -0.39 is 0 Å². The van der Waals surface area contributed by atoms with Crippen molar-refractivity contribution in [1.29, 1.82) is 0 Å². The zero-order chi connectivity index (χ0) is 20.4. The van der Waals surface area contributed by atoms with Crippen molar-refractivity contribution < 1.29 is 19.0 Å². The minimum atomic E-state index is -0.108. The molecule has 0 aliphatic carbocycles. The van der Waals surface area contributed by atoms with Gasteiger partial charge in [-0.1, -0.05) is 37.3 Å². The van der Waals surface area contributed by atoms with Crippen molar-refractivity contribution in [3.05, 3.63) is 28.6 Å². The maximum absolute atomic E-state index is 12.5. The van der Waals surface area contributed by atoms with Crippen molar-refractivity contribution in [3.8, 4) is 11.5 Å². The Morgan fingerprint density at radius 3 is 2.86 bits per heavy atom. The number of benzene rings is 1. The summed E-state index contributed by atoms with van der Waals surface area (Å²) in [6.07, 6.45) is 0.364. The number of thiazole rings is 1. The van der Waals surface area contributed by atoms with Gasteiger partial charge in [0.15, 0.2) is 16.6 Å². The Kier molecular flexibility index (Phi) is 5.91. The molecule has 1 amide bonds. The summed E-state index contributed by atoms with van der Waals surface area (Å²) < 4.78 is 17.2. The molecule has 0 bridgehead atoms. The Balaban J connectivity index is 1.72. The fourth-order valence-corrected chi connectivity index (χ4v) is 4.81. The summed E-state index contributed by atoms with van der Waals surface area (Å²) in [5.74, 6) is 2.32. The van der Waals surface area contributed by atoms with Crippen LogP contribution >= 0.6 is 11.3 Å². The summed E-state index contributed by atoms with van der Waals surface area (Å²) in [6, 6.07) is 5.88. The molecule has 1 fully saturated rings. The van der Waals surface area contributed by atoms with E-state index >= 15 is 0 Å². The maximum atomic E-state index is 12.5. The number of anilines is 2. The number of hydrogen-bond donors (Lipinski definition) is 1. The second-order valence-corrected chi connectivity index (χ2v) is 8.71. The van der Waals surface area contributed by atoms with Crippen LogP contribution < -0.4 is 19.7 Å². The van der Waals surface area contributed by atoms with Crippen LogP contribution in [-0.4, -0.2) is 50.9 Å². The summed E-state index contributed by atoms with van der Waals surface area (Å²) in [6.45, 7) is 7.82. The molecule has 0 unspecified atom stereocenters. The van der Waals surface area contributed by atoms with Crippen molar-refractivity contribution in [2.45, 2.75) is 26.2 Å². The molecule has 2 aromatic rings. The predicted molar refractivity (Wildman–Crippen MR) is 114 cm³/mol. The number of carbonyl (C=O) groups excluding carboxylic acids is 1. The average Bonchev–Trinajstić information content (AvgIpc) is 3.16. The van der Waals surface area contributed by atoms with Crippen LogP contribution in [0.15, 0.2) is 18.2 Å². The third-order valence-electron chi connectivity index (χ3n) is 5.05. The molecule has 3 heterocycles. The Morgan fingerprint density at radius 2 is 2.14 bits per heavy atom. The topological polar surface area (TPSA) is 72.9 Å². The first-order valence-electron chi connectivity index (χ1n) is 9.99. The molecule has 1 aromatic carbocycles. The lowest BCUT2D eigenvalue weighted by Crippen LogP contribution is -2.36. The van der Waals surface area contributed by atoms with Crippen LogP contribution in [0.1, 0.15) is 36.6 Å². The van der Waals surface area contributed by atoms with Gasteiger partial charge in [0.25, 0.3) is 0 Å². The highest BCUT2D eigenvalue weighted by Crippen LogP contribution is 2.47. The lowest BCUT2D eigenvalue weighted by molar-refractivity contribution is -0.116. The van der Waals surface area contributed by atoms with E-state index in [-0.39, 0.29) is 11.8 Å². The number of nitrogens with zero attached hydrogens (tertiary/aromatic N) is 2. The van der Waals surface area contributed by atoms with E-state index in [2.05, 4.69) is 24.1 Å². The van der Waals surface area contributed by atoms with E-state index in [1.165, 1.54) is 0 Å². The number of carbonyl (C=O) groups is 1. The molecule has 1 N–H and O–H groups in total. The van der Waals surface area contributed by atoms with Gasteiger partial charge in [-0.15, -0.1) is 0 Å².